The molecule has 0 N–H and O–H groups in total. The molecule has 0 amide bonds. The van der Waals surface area contributed by atoms with E-state index in [1.807, 2.05) is 0 Å². The van der Waals surface area contributed by atoms with E-state index in [0.717, 1.165) is 5.52 Å². The Hall–Kier alpha value is -2.63. The summed E-state index contributed by atoms with van der Waals surface area (Å²) in [6.07, 6.45) is 4.67. The molecule has 6 nitrogen and oxygen atoms in total. The summed E-state index contributed by atoms with van der Waals surface area (Å²) >= 11 is 0. The van der Waals surface area contributed by atoms with Crippen LogP contribution in [-0.4, -0.2) is 30.7 Å². The fraction of sp³-hybridized carbons (Fsp3) is 0.0833. The second-order valence-electron chi connectivity index (χ2n) is 3.83. The van der Waals surface area contributed by atoms with Crippen molar-refractivity contribution in [3.05, 3.63) is 48.0 Å². The molecule has 6 heteroatoms. The molecule has 0 aliphatic heterocycles. The molecule has 3 rings (SSSR count). The van der Waals surface area contributed by atoms with Crippen LogP contribution in [0, 0.1) is 0 Å². The lowest BCUT2D eigenvalue weighted by atomic mass is 10.1. The first kappa shape index (κ1) is 10.5. The number of rotatable bonds is 2. The highest BCUT2D eigenvalue weighted by atomic mass is 16.1. The minimum Gasteiger partial charge on any atom is -0.287 e. The Morgan fingerprint density at radius 2 is 1.94 bits per heavy atom. The molecule has 88 valence electrons. The minimum absolute atomic E-state index is 0.130. The number of nitrogens with zero attached hydrogens (tertiary/aromatic N) is 5. The molecule has 2 aromatic heterocycles. The van der Waals surface area contributed by atoms with Crippen molar-refractivity contribution in [2.75, 3.05) is 0 Å². The van der Waals surface area contributed by atoms with Crippen molar-refractivity contribution in [1.82, 2.24) is 25.0 Å². The van der Waals surface area contributed by atoms with Crippen molar-refractivity contribution in [3.8, 4) is 0 Å². The third-order valence-electron chi connectivity index (χ3n) is 2.68. The largest absolute Gasteiger partial charge is 0.287 e. The van der Waals surface area contributed by atoms with Crippen LogP contribution in [-0.2, 0) is 7.05 Å². The highest BCUT2D eigenvalue weighted by Crippen LogP contribution is 2.14. The van der Waals surface area contributed by atoms with Gasteiger partial charge in [-0.2, -0.15) is 0 Å². The summed E-state index contributed by atoms with van der Waals surface area (Å²) in [4.78, 5) is 20.6. The van der Waals surface area contributed by atoms with Crippen LogP contribution in [0.15, 0.2) is 36.8 Å². The predicted octanol–water partition coefficient (Wildman–Crippen LogP) is 0.989. The lowest BCUT2D eigenvalue weighted by Gasteiger charge is -2.01. The monoisotopic (exact) mass is 239 g/mol. The van der Waals surface area contributed by atoms with Crippen molar-refractivity contribution in [3.63, 3.8) is 0 Å². The zero-order valence-corrected chi connectivity index (χ0v) is 9.61. The highest BCUT2D eigenvalue weighted by Gasteiger charge is 2.14. The molecule has 0 saturated heterocycles. The number of benzene rings is 1. The number of carbonyl (C=O) groups excluding carboxylic acids is 1. The van der Waals surface area contributed by atoms with E-state index in [4.69, 9.17) is 0 Å². The SMILES string of the molecule is Cn1nncc1C(=O)c1ccc2nccnc2c1. The van der Waals surface area contributed by atoms with Gasteiger partial charge in [0.15, 0.2) is 0 Å². The van der Waals surface area contributed by atoms with E-state index < -0.39 is 0 Å². The molecule has 0 radical (unpaired) electrons. The Morgan fingerprint density at radius 1 is 1.17 bits per heavy atom. The first-order valence-electron chi connectivity index (χ1n) is 5.36. The van der Waals surface area contributed by atoms with E-state index in [2.05, 4.69) is 20.3 Å². The van der Waals surface area contributed by atoms with E-state index in [0.29, 0.717) is 16.8 Å². The van der Waals surface area contributed by atoms with Gasteiger partial charge >= 0.3 is 0 Å². The van der Waals surface area contributed by atoms with Gasteiger partial charge in [-0.25, -0.2) is 4.68 Å². The smallest absolute Gasteiger partial charge is 0.212 e. The number of carbonyl (C=O) groups is 1. The first-order valence-corrected chi connectivity index (χ1v) is 5.36. The van der Waals surface area contributed by atoms with Gasteiger partial charge in [0.05, 0.1) is 17.2 Å². The fourth-order valence-corrected chi connectivity index (χ4v) is 1.75. The first-order chi connectivity index (χ1) is 8.75. The second kappa shape index (κ2) is 3.99. The average molecular weight is 239 g/mol. The van der Waals surface area contributed by atoms with E-state index in [9.17, 15) is 4.79 Å². The molecule has 0 spiro atoms. The molecule has 0 atom stereocenters. The van der Waals surface area contributed by atoms with Gasteiger partial charge in [0.25, 0.3) is 0 Å². The highest BCUT2D eigenvalue weighted by molar-refractivity contribution is 6.09. The second-order valence-corrected chi connectivity index (χ2v) is 3.83. The summed E-state index contributed by atoms with van der Waals surface area (Å²) < 4.78 is 1.45. The third kappa shape index (κ3) is 1.64. The Kier molecular flexibility index (Phi) is 2.33. The maximum atomic E-state index is 12.2. The average Bonchev–Trinajstić information content (AvgIpc) is 2.83. The van der Waals surface area contributed by atoms with Crippen LogP contribution in [0.3, 0.4) is 0 Å². The molecule has 0 unspecified atom stereocenters. The maximum absolute atomic E-state index is 12.2. The van der Waals surface area contributed by atoms with Crippen molar-refractivity contribution in [2.24, 2.45) is 7.05 Å². The quantitative estimate of drug-likeness (QED) is 0.623. The molecule has 18 heavy (non-hydrogen) atoms. The lowest BCUT2D eigenvalue weighted by molar-refractivity contribution is 0.103. The topological polar surface area (TPSA) is 73.6 Å². The molecular weight excluding hydrogens is 230 g/mol. The van der Waals surface area contributed by atoms with Crippen molar-refractivity contribution in [2.45, 2.75) is 0 Å². The summed E-state index contributed by atoms with van der Waals surface area (Å²) in [5.41, 5.74) is 2.45. The number of ketones is 1. The molecule has 3 aromatic rings. The molecule has 0 fully saturated rings. The number of hydrogen-bond donors (Lipinski definition) is 0. The third-order valence-corrected chi connectivity index (χ3v) is 2.68. The van der Waals surface area contributed by atoms with Gasteiger partial charge in [-0.15, -0.1) is 5.10 Å². The summed E-state index contributed by atoms with van der Waals surface area (Å²) in [6, 6.07) is 5.23. The molecular formula is C12H9N5O. The zero-order valence-electron chi connectivity index (χ0n) is 9.61. The summed E-state index contributed by atoms with van der Waals surface area (Å²) in [7, 11) is 1.68. The Balaban J connectivity index is 2.10. The van der Waals surface area contributed by atoms with E-state index >= 15 is 0 Å². The summed E-state index contributed by atoms with van der Waals surface area (Å²) in [6.45, 7) is 0. The normalized spacial score (nSPS) is 10.7. The van der Waals surface area contributed by atoms with Gasteiger partial charge in [0.1, 0.15) is 5.69 Å². The van der Waals surface area contributed by atoms with Crippen LogP contribution in [0.25, 0.3) is 11.0 Å². The van der Waals surface area contributed by atoms with E-state index in [-0.39, 0.29) is 5.78 Å². The van der Waals surface area contributed by atoms with Gasteiger partial charge in [-0.05, 0) is 18.2 Å². The van der Waals surface area contributed by atoms with E-state index in [1.54, 1.807) is 37.6 Å². The molecule has 1 aromatic carbocycles. The van der Waals surface area contributed by atoms with Gasteiger partial charge in [-0.1, -0.05) is 5.21 Å². The zero-order chi connectivity index (χ0) is 12.5. The van der Waals surface area contributed by atoms with Crippen LogP contribution in [0.2, 0.25) is 0 Å². The Labute approximate surface area is 102 Å². The van der Waals surface area contributed by atoms with Crippen LogP contribution in [0.4, 0.5) is 0 Å². The van der Waals surface area contributed by atoms with Gasteiger partial charge in [0, 0.05) is 25.0 Å². The lowest BCUT2D eigenvalue weighted by Crippen LogP contribution is -2.08. The summed E-state index contributed by atoms with van der Waals surface area (Å²) in [5.74, 6) is -0.130. The van der Waals surface area contributed by atoms with Crippen molar-refractivity contribution >= 4 is 16.8 Å². The number of aryl methyl sites for hydroxylation is 1. The standard InChI is InChI=1S/C12H9N5O/c1-17-11(7-15-16-17)12(18)8-2-3-9-10(6-8)14-5-4-13-9/h2-7H,1H3. The minimum atomic E-state index is -0.130. The molecule has 0 saturated carbocycles. The van der Waals surface area contributed by atoms with Crippen molar-refractivity contribution < 1.29 is 4.79 Å². The van der Waals surface area contributed by atoms with Crippen LogP contribution >= 0.6 is 0 Å². The van der Waals surface area contributed by atoms with Gasteiger partial charge < -0.3 is 0 Å². The van der Waals surface area contributed by atoms with Crippen molar-refractivity contribution in [1.29, 1.82) is 0 Å². The molecule has 2 heterocycles. The van der Waals surface area contributed by atoms with E-state index in [1.165, 1.54) is 10.9 Å². The number of fused-ring (bicyclic) bond motifs is 1. The number of aromatic nitrogens is 5. The van der Waals surface area contributed by atoms with Gasteiger partial charge in [0.2, 0.25) is 5.78 Å². The van der Waals surface area contributed by atoms with Crippen LogP contribution in [0.5, 0.6) is 0 Å². The number of hydrogen-bond acceptors (Lipinski definition) is 5. The predicted molar refractivity (Wildman–Crippen MR) is 64.0 cm³/mol. The maximum Gasteiger partial charge on any atom is 0.212 e. The Morgan fingerprint density at radius 3 is 2.67 bits per heavy atom. The summed E-state index contributed by atoms with van der Waals surface area (Å²) in [5, 5.41) is 7.44. The fourth-order valence-electron chi connectivity index (χ4n) is 1.75. The molecule has 0 aliphatic carbocycles. The van der Waals surface area contributed by atoms with Gasteiger partial charge in [-0.3, -0.25) is 14.8 Å². The van der Waals surface area contributed by atoms with Crippen LogP contribution < -0.4 is 0 Å². The van der Waals surface area contributed by atoms with Crippen LogP contribution in [0.1, 0.15) is 16.1 Å². The Bertz CT molecular complexity index is 734. The molecule has 0 aliphatic rings. The molecule has 0 bridgehead atoms.